The highest BCUT2D eigenvalue weighted by Gasteiger charge is 2.08. The lowest BCUT2D eigenvalue weighted by Crippen LogP contribution is -2.25. The minimum atomic E-state index is 0.539. The maximum Gasteiger partial charge on any atom is 0.0626 e. The smallest absolute Gasteiger partial charge is 0.0626 e. The highest BCUT2D eigenvalue weighted by Crippen LogP contribution is 2.12. The van der Waals surface area contributed by atoms with E-state index in [9.17, 15) is 0 Å². The summed E-state index contributed by atoms with van der Waals surface area (Å²) in [5.74, 6) is 0.759. The fraction of sp³-hybridized carbons (Fsp3) is 0.562. The molecule has 0 radical (unpaired) electrons. The van der Waals surface area contributed by atoms with Gasteiger partial charge in [-0.15, -0.1) is 0 Å². The van der Waals surface area contributed by atoms with Gasteiger partial charge in [0.2, 0.25) is 0 Å². The van der Waals surface area contributed by atoms with E-state index >= 15 is 0 Å². The summed E-state index contributed by atoms with van der Waals surface area (Å²) in [5, 5.41) is 11.3. The van der Waals surface area contributed by atoms with Gasteiger partial charge in [0.15, 0.2) is 0 Å². The maximum absolute atomic E-state index is 7.82. The molecule has 1 aliphatic carbocycles. The van der Waals surface area contributed by atoms with Gasteiger partial charge in [0.1, 0.15) is 0 Å². The van der Waals surface area contributed by atoms with Crippen LogP contribution in [0.15, 0.2) is 36.1 Å². The number of rotatable bonds is 7. The molecule has 0 aliphatic heterocycles. The van der Waals surface area contributed by atoms with Crippen molar-refractivity contribution in [3.63, 3.8) is 0 Å². The number of hydrogen-bond acceptors (Lipinski definition) is 2. The van der Waals surface area contributed by atoms with Crippen molar-refractivity contribution >= 4 is 5.71 Å². The summed E-state index contributed by atoms with van der Waals surface area (Å²) >= 11 is 0. The Kier molecular flexibility index (Phi) is 6.48. The summed E-state index contributed by atoms with van der Waals surface area (Å²) in [7, 11) is 0. The molecule has 1 atom stereocenters. The zero-order chi connectivity index (χ0) is 13.4. The Bertz CT molecular complexity index is 348. The Morgan fingerprint density at radius 2 is 1.89 bits per heavy atom. The van der Waals surface area contributed by atoms with Gasteiger partial charge < -0.3 is 10.7 Å². The Balaban J connectivity index is 2.50. The summed E-state index contributed by atoms with van der Waals surface area (Å²) in [5.41, 5.74) is 1.56. The third-order valence-corrected chi connectivity index (χ3v) is 3.16. The third-order valence-electron chi connectivity index (χ3n) is 3.16. The highest BCUT2D eigenvalue weighted by molar-refractivity contribution is 6.09. The van der Waals surface area contributed by atoms with E-state index in [4.69, 9.17) is 5.41 Å². The van der Waals surface area contributed by atoms with E-state index in [1.54, 1.807) is 0 Å². The van der Waals surface area contributed by atoms with Crippen molar-refractivity contribution in [2.75, 3.05) is 0 Å². The second-order valence-electron chi connectivity index (χ2n) is 5.36. The van der Waals surface area contributed by atoms with E-state index in [-0.39, 0.29) is 0 Å². The van der Waals surface area contributed by atoms with Gasteiger partial charge in [0, 0.05) is 17.8 Å². The lowest BCUT2D eigenvalue weighted by atomic mass is 10.00. The van der Waals surface area contributed by atoms with E-state index in [1.807, 2.05) is 30.5 Å². The molecule has 1 aliphatic rings. The average Bonchev–Trinajstić information content (AvgIpc) is 2.34. The molecule has 0 bridgehead atoms. The lowest BCUT2D eigenvalue weighted by Gasteiger charge is -2.18. The summed E-state index contributed by atoms with van der Waals surface area (Å²) in [6, 6.07) is 0.539. The molecule has 0 saturated carbocycles. The molecular weight excluding hydrogens is 220 g/mol. The molecule has 18 heavy (non-hydrogen) atoms. The Labute approximate surface area is 111 Å². The molecule has 0 saturated heterocycles. The molecule has 2 heteroatoms. The average molecular weight is 246 g/mol. The van der Waals surface area contributed by atoms with Crippen LogP contribution in [0.1, 0.15) is 46.5 Å². The summed E-state index contributed by atoms with van der Waals surface area (Å²) in [6.07, 6.45) is 14.6. The van der Waals surface area contributed by atoms with E-state index in [1.165, 1.54) is 25.7 Å². The molecule has 0 aromatic carbocycles. The monoisotopic (exact) mass is 246 g/mol. The molecule has 100 valence electrons. The standard InChI is InChI=1S/C16H26N2/c1-4-7-15(11-10-13(2)3)18-12-14-8-5-6-9-16(14)17/h5-6,8-9,12-13,15,17-18H,4,7,10-11H2,1-3H3/b14-12-,17-16?. The molecular formula is C16H26N2. The normalized spacial score (nSPS) is 18.7. The van der Waals surface area contributed by atoms with Crippen LogP contribution in [0.2, 0.25) is 0 Å². The maximum atomic E-state index is 7.82. The van der Waals surface area contributed by atoms with Crippen molar-refractivity contribution in [3.8, 4) is 0 Å². The van der Waals surface area contributed by atoms with E-state index < -0.39 is 0 Å². The third kappa shape index (κ3) is 5.35. The number of hydrogen-bond donors (Lipinski definition) is 2. The highest BCUT2D eigenvalue weighted by atomic mass is 14.9. The molecule has 0 aromatic rings. The first-order valence-electron chi connectivity index (χ1n) is 7.03. The molecule has 2 nitrogen and oxygen atoms in total. The predicted molar refractivity (Wildman–Crippen MR) is 80.0 cm³/mol. The first-order valence-corrected chi connectivity index (χ1v) is 7.03. The molecule has 0 heterocycles. The van der Waals surface area contributed by atoms with Gasteiger partial charge >= 0.3 is 0 Å². The van der Waals surface area contributed by atoms with Crippen molar-refractivity contribution in [2.45, 2.75) is 52.5 Å². The second kappa shape index (κ2) is 7.91. The van der Waals surface area contributed by atoms with Crippen LogP contribution in [0.25, 0.3) is 0 Å². The van der Waals surface area contributed by atoms with Crippen LogP contribution in [0.3, 0.4) is 0 Å². The van der Waals surface area contributed by atoms with Crippen LogP contribution in [0.4, 0.5) is 0 Å². The van der Waals surface area contributed by atoms with Gasteiger partial charge in [-0.1, -0.05) is 45.4 Å². The SMILES string of the molecule is CCCC(CCC(C)C)N/C=C1/C=CC=CC1=N. The van der Waals surface area contributed by atoms with Crippen LogP contribution in [-0.4, -0.2) is 11.8 Å². The fourth-order valence-electron chi connectivity index (χ4n) is 2.02. The Morgan fingerprint density at radius 3 is 2.50 bits per heavy atom. The van der Waals surface area contributed by atoms with Crippen LogP contribution >= 0.6 is 0 Å². The Hall–Kier alpha value is -1.31. The van der Waals surface area contributed by atoms with Gasteiger partial charge in [-0.3, -0.25) is 0 Å². The molecule has 0 fully saturated rings. The van der Waals surface area contributed by atoms with Crippen LogP contribution < -0.4 is 5.32 Å². The summed E-state index contributed by atoms with van der Waals surface area (Å²) in [4.78, 5) is 0. The summed E-state index contributed by atoms with van der Waals surface area (Å²) in [6.45, 7) is 6.76. The van der Waals surface area contributed by atoms with Crippen molar-refractivity contribution in [1.82, 2.24) is 5.32 Å². The van der Waals surface area contributed by atoms with Crippen molar-refractivity contribution in [3.05, 3.63) is 36.1 Å². The van der Waals surface area contributed by atoms with Gasteiger partial charge in [0.05, 0.1) is 5.71 Å². The minimum absolute atomic E-state index is 0.539. The van der Waals surface area contributed by atoms with Gasteiger partial charge in [-0.25, -0.2) is 0 Å². The van der Waals surface area contributed by atoms with Gasteiger partial charge in [0.25, 0.3) is 0 Å². The van der Waals surface area contributed by atoms with Gasteiger partial charge in [-0.2, -0.15) is 0 Å². The molecule has 0 spiro atoms. The number of allylic oxidation sites excluding steroid dienone is 5. The fourth-order valence-corrected chi connectivity index (χ4v) is 2.02. The van der Waals surface area contributed by atoms with Crippen LogP contribution in [0, 0.1) is 11.3 Å². The van der Waals surface area contributed by atoms with Crippen molar-refractivity contribution < 1.29 is 0 Å². The van der Waals surface area contributed by atoms with Crippen LogP contribution in [0.5, 0.6) is 0 Å². The largest absolute Gasteiger partial charge is 0.388 e. The topological polar surface area (TPSA) is 35.9 Å². The first kappa shape index (κ1) is 14.7. The molecule has 0 aromatic heterocycles. The first-order chi connectivity index (χ1) is 8.63. The Morgan fingerprint density at radius 1 is 1.17 bits per heavy atom. The molecule has 2 N–H and O–H groups in total. The van der Waals surface area contributed by atoms with E-state index in [2.05, 4.69) is 26.1 Å². The predicted octanol–water partition coefficient (Wildman–Crippen LogP) is 4.21. The lowest BCUT2D eigenvalue weighted by molar-refractivity contribution is 0.440. The van der Waals surface area contributed by atoms with E-state index in [0.717, 1.165) is 11.5 Å². The van der Waals surface area contributed by atoms with Gasteiger partial charge in [-0.05, 0) is 31.3 Å². The van der Waals surface area contributed by atoms with E-state index in [0.29, 0.717) is 11.8 Å². The quantitative estimate of drug-likeness (QED) is 0.693. The van der Waals surface area contributed by atoms with Crippen molar-refractivity contribution in [2.24, 2.45) is 5.92 Å². The zero-order valence-electron chi connectivity index (χ0n) is 11.9. The molecule has 1 unspecified atom stereocenters. The molecule has 1 rings (SSSR count). The van der Waals surface area contributed by atoms with Crippen LogP contribution in [-0.2, 0) is 0 Å². The summed E-state index contributed by atoms with van der Waals surface area (Å²) < 4.78 is 0. The van der Waals surface area contributed by atoms with Crippen molar-refractivity contribution in [1.29, 1.82) is 5.41 Å². The number of nitrogens with one attached hydrogen (secondary N) is 2. The zero-order valence-corrected chi connectivity index (χ0v) is 11.9. The second-order valence-corrected chi connectivity index (χ2v) is 5.36. The molecule has 0 amide bonds. The minimum Gasteiger partial charge on any atom is -0.388 e.